The molecule has 0 amide bonds. The maximum atomic E-state index is 12.0. The molecule has 0 fully saturated rings. The summed E-state index contributed by atoms with van der Waals surface area (Å²) in [6.07, 6.45) is -2.45. The molecule has 0 aliphatic carbocycles. The van der Waals surface area contributed by atoms with Crippen molar-refractivity contribution >= 4 is 0 Å². The minimum absolute atomic E-state index is 0.0185. The molecule has 0 saturated heterocycles. The standard InChI is InChI=1S/C6H10F2/c1-4(5(2)7)6(3)8/h5-6H,1H2,2-3H3. The van der Waals surface area contributed by atoms with Crippen LogP contribution in [0.1, 0.15) is 13.8 Å². The summed E-state index contributed by atoms with van der Waals surface area (Å²) in [5.74, 6) is 0. The molecule has 2 heteroatoms. The predicted molar refractivity (Wildman–Crippen MR) is 30.3 cm³/mol. The monoisotopic (exact) mass is 120 g/mol. The third kappa shape index (κ3) is 2.05. The third-order valence-electron chi connectivity index (χ3n) is 1.02. The molecule has 0 bridgehead atoms. The van der Waals surface area contributed by atoms with Crippen molar-refractivity contribution in [2.24, 2.45) is 0 Å². The molecule has 0 heterocycles. The van der Waals surface area contributed by atoms with E-state index in [1.165, 1.54) is 13.8 Å². The minimum Gasteiger partial charge on any atom is -0.243 e. The molecular weight excluding hydrogens is 110 g/mol. The van der Waals surface area contributed by atoms with Crippen molar-refractivity contribution in [2.45, 2.75) is 26.2 Å². The van der Waals surface area contributed by atoms with E-state index in [-0.39, 0.29) is 5.57 Å². The quantitative estimate of drug-likeness (QED) is 0.490. The molecule has 0 aliphatic rings. The lowest BCUT2D eigenvalue weighted by Crippen LogP contribution is -2.06. The van der Waals surface area contributed by atoms with Crippen LogP contribution in [0.15, 0.2) is 12.2 Å². The lowest BCUT2D eigenvalue weighted by atomic mass is 10.1. The summed E-state index contributed by atoms with van der Waals surface area (Å²) in [4.78, 5) is 0. The maximum absolute atomic E-state index is 12.0. The van der Waals surface area contributed by atoms with Crippen molar-refractivity contribution in [3.05, 3.63) is 12.2 Å². The van der Waals surface area contributed by atoms with Gasteiger partial charge in [-0.2, -0.15) is 0 Å². The van der Waals surface area contributed by atoms with Gasteiger partial charge in [-0.25, -0.2) is 8.78 Å². The number of halogens is 2. The van der Waals surface area contributed by atoms with Crippen LogP contribution < -0.4 is 0 Å². The second-order valence-corrected chi connectivity index (χ2v) is 1.81. The van der Waals surface area contributed by atoms with Crippen LogP contribution >= 0.6 is 0 Å². The molecule has 0 aromatic heterocycles. The number of hydrogen-bond donors (Lipinski definition) is 0. The Labute approximate surface area is 48.2 Å². The zero-order valence-corrected chi connectivity index (χ0v) is 5.12. The van der Waals surface area contributed by atoms with Crippen LogP contribution in [0.3, 0.4) is 0 Å². The number of allylic oxidation sites excluding steroid dienone is 1. The Morgan fingerprint density at radius 2 is 1.50 bits per heavy atom. The first kappa shape index (κ1) is 7.60. The van der Waals surface area contributed by atoms with Crippen LogP contribution in [0.25, 0.3) is 0 Å². The average Bonchev–Trinajstić information content (AvgIpc) is 1.64. The summed E-state index contributed by atoms with van der Waals surface area (Å²) in [5, 5.41) is 0. The van der Waals surface area contributed by atoms with Crippen LogP contribution in [-0.4, -0.2) is 12.3 Å². The number of hydrogen-bond acceptors (Lipinski definition) is 0. The van der Waals surface area contributed by atoms with Crippen molar-refractivity contribution in [3.8, 4) is 0 Å². The summed E-state index contributed by atoms with van der Waals surface area (Å²) in [5.41, 5.74) is 0.0185. The fraction of sp³-hybridized carbons (Fsp3) is 0.667. The molecule has 0 aromatic carbocycles. The topological polar surface area (TPSA) is 0 Å². The van der Waals surface area contributed by atoms with E-state index in [0.717, 1.165) is 0 Å². The van der Waals surface area contributed by atoms with E-state index in [1.807, 2.05) is 0 Å². The van der Waals surface area contributed by atoms with E-state index in [2.05, 4.69) is 6.58 Å². The second kappa shape index (κ2) is 2.80. The van der Waals surface area contributed by atoms with Crippen molar-refractivity contribution in [1.82, 2.24) is 0 Å². The van der Waals surface area contributed by atoms with Crippen molar-refractivity contribution in [1.29, 1.82) is 0 Å². The van der Waals surface area contributed by atoms with Gasteiger partial charge in [0.15, 0.2) is 0 Å². The maximum Gasteiger partial charge on any atom is 0.121 e. The summed E-state index contributed by atoms with van der Waals surface area (Å²) in [6, 6.07) is 0. The molecule has 2 unspecified atom stereocenters. The Hall–Kier alpha value is -0.400. The lowest BCUT2D eigenvalue weighted by molar-refractivity contribution is 0.329. The Balaban J connectivity index is 3.65. The van der Waals surface area contributed by atoms with Crippen molar-refractivity contribution in [2.75, 3.05) is 0 Å². The highest BCUT2D eigenvalue weighted by Gasteiger charge is 2.09. The average molecular weight is 120 g/mol. The Morgan fingerprint density at radius 3 is 1.50 bits per heavy atom. The van der Waals surface area contributed by atoms with Gasteiger partial charge in [0.2, 0.25) is 0 Å². The molecule has 0 spiro atoms. The molecule has 48 valence electrons. The van der Waals surface area contributed by atoms with Crippen molar-refractivity contribution in [3.63, 3.8) is 0 Å². The Bertz CT molecular complexity index is 74.5. The fourth-order valence-corrected chi connectivity index (χ4v) is 0.316. The zero-order valence-electron chi connectivity index (χ0n) is 5.12. The van der Waals surface area contributed by atoms with E-state index in [1.54, 1.807) is 0 Å². The molecule has 2 atom stereocenters. The first-order valence-corrected chi connectivity index (χ1v) is 2.52. The van der Waals surface area contributed by atoms with Gasteiger partial charge in [-0.05, 0) is 19.4 Å². The molecule has 0 aliphatic heterocycles. The van der Waals surface area contributed by atoms with Gasteiger partial charge in [0.05, 0.1) is 0 Å². The highest BCUT2D eigenvalue weighted by molar-refractivity contribution is 5.04. The van der Waals surface area contributed by atoms with Gasteiger partial charge in [-0.15, -0.1) is 0 Å². The molecule has 0 saturated carbocycles. The molecule has 0 aromatic rings. The summed E-state index contributed by atoms with van der Waals surface area (Å²) in [7, 11) is 0. The molecule has 0 nitrogen and oxygen atoms in total. The summed E-state index contributed by atoms with van der Waals surface area (Å²) >= 11 is 0. The van der Waals surface area contributed by atoms with Crippen LogP contribution in [0.2, 0.25) is 0 Å². The second-order valence-electron chi connectivity index (χ2n) is 1.81. The van der Waals surface area contributed by atoms with Gasteiger partial charge in [0, 0.05) is 0 Å². The Morgan fingerprint density at radius 1 is 1.25 bits per heavy atom. The van der Waals surface area contributed by atoms with Gasteiger partial charge in [-0.3, -0.25) is 0 Å². The van der Waals surface area contributed by atoms with Gasteiger partial charge < -0.3 is 0 Å². The van der Waals surface area contributed by atoms with E-state index < -0.39 is 12.3 Å². The van der Waals surface area contributed by atoms with E-state index >= 15 is 0 Å². The lowest BCUT2D eigenvalue weighted by Gasteiger charge is -2.05. The molecular formula is C6H10F2. The first-order valence-electron chi connectivity index (χ1n) is 2.52. The van der Waals surface area contributed by atoms with E-state index in [4.69, 9.17) is 0 Å². The van der Waals surface area contributed by atoms with Crippen LogP contribution in [0.4, 0.5) is 8.78 Å². The van der Waals surface area contributed by atoms with Crippen LogP contribution in [0.5, 0.6) is 0 Å². The minimum atomic E-state index is -1.23. The fourth-order valence-electron chi connectivity index (χ4n) is 0.316. The summed E-state index contributed by atoms with van der Waals surface area (Å²) < 4.78 is 24.0. The van der Waals surface area contributed by atoms with E-state index in [9.17, 15) is 8.78 Å². The van der Waals surface area contributed by atoms with Gasteiger partial charge in [-0.1, -0.05) is 6.58 Å². The Kier molecular flexibility index (Phi) is 2.66. The number of alkyl halides is 2. The molecule has 8 heavy (non-hydrogen) atoms. The van der Waals surface area contributed by atoms with Crippen molar-refractivity contribution < 1.29 is 8.78 Å². The zero-order chi connectivity index (χ0) is 6.73. The SMILES string of the molecule is C=C(C(C)F)C(C)F. The predicted octanol–water partition coefficient (Wildman–Crippen LogP) is 2.26. The van der Waals surface area contributed by atoms with Crippen LogP contribution in [0, 0.1) is 0 Å². The van der Waals surface area contributed by atoms with Gasteiger partial charge in [0.25, 0.3) is 0 Å². The van der Waals surface area contributed by atoms with Gasteiger partial charge >= 0.3 is 0 Å². The molecule has 0 radical (unpaired) electrons. The highest BCUT2D eigenvalue weighted by Crippen LogP contribution is 2.10. The third-order valence-corrected chi connectivity index (χ3v) is 1.02. The highest BCUT2D eigenvalue weighted by atomic mass is 19.1. The van der Waals surface area contributed by atoms with Gasteiger partial charge in [0.1, 0.15) is 12.3 Å². The summed E-state index contributed by atoms with van der Waals surface area (Å²) in [6.45, 7) is 5.76. The van der Waals surface area contributed by atoms with E-state index in [0.29, 0.717) is 0 Å². The molecule has 0 N–H and O–H groups in total. The first-order chi connectivity index (χ1) is 3.55. The number of rotatable bonds is 2. The largest absolute Gasteiger partial charge is 0.243 e. The smallest absolute Gasteiger partial charge is 0.121 e. The normalized spacial score (nSPS) is 17.5. The van der Waals surface area contributed by atoms with Crippen LogP contribution in [-0.2, 0) is 0 Å². The molecule has 0 rings (SSSR count).